The Morgan fingerprint density at radius 2 is 1.63 bits per heavy atom. The van der Waals surface area contributed by atoms with Crippen molar-refractivity contribution in [3.05, 3.63) is 107 Å². The van der Waals surface area contributed by atoms with Gasteiger partial charge < -0.3 is 4.74 Å². The van der Waals surface area contributed by atoms with Crippen molar-refractivity contribution in [2.45, 2.75) is 24.2 Å². The van der Waals surface area contributed by atoms with Crippen LogP contribution in [-0.4, -0.2) is 5.97 Å². The molecule has 0 amide bonds. The van der Waals surface area contributed by atoms with Crippen LogP contribution in [0.4, 0.5) is 0 Å². The molecule has 3 aromatic rings. The second-order valence-corrected chi connectivity index (χ2v) is 7.28. The standard InChI is InChI=1S/C24H22O2S/c1-19-11-14-23(15-12-19)27-18-22-10-6-5-9-21(22)13-16-24(25)26-17-20-7-3-2-4-8-20/h2-16H,17-18H2,1H3/b16-13+. The molecule has 0 aliphatic carbocycles. The van der Waals surface area contributed by atoms with Crippen LogP contribution in [0.25, 0.3) is 6.08 Å². The zero-order chi connectivity index (χ0) is 18.9. The van der Waals surface area contributed by atoms with E-state index in [0.29, 0.717) is 0 Å². The Morgan fingerprint density at radius 3 is 2.41 bits per heavy atom. The van der Waals surface area contributed by atoms with E-state index in [9.17, 15) is 4.79 Å². The minimum atomic E-state index is -0.333. The van der Waals surface area contributed by atoms with Crippen LogP contribution in [-0.2, 0) is 21.9 Å². The monoisotopic (exact) mass is 374 g/mol. The fraction of sp³-hybridized carbons (Fsp3) is 0.125. The summed E-state index contributed by atoms with van der Waals surface area (Å²) in [6.07, 6.45) is 3.33. The highest BCUT2D eigenvalue weighted by atomic mass is 32.2. The molecule has 0 aliphatic heterocycles. The van der Waals surface area contributed by atoms with Crippen LogP contribution >= 0.6 is 11.8 Å². The Hall–Kier alpha value is -2.78. The van der Waals surface area contributed by atoms with Crippen LogP contribution in [0, 0.1) is 6.92 Å². The summed E-state index contributed by atoms with van der Waals surface area (Å²) in [6.45, 7) is 2.38. The van der Waals surface area contributed by atoms with E-state index >= 15 is 0 Å². The number of rotatable bonds is 7. The minimum absolute atomic E-state index is 0.287. The van der Waals surface area contributed by atoms with Crippen LogP contribution in [0.15, 0.2) is 89.8 Å². The maximum absolute atomic E-state index is 12.0. The van der Waals surface area contributed by atoms with Gasteiger partial charge in [0, 0.05) is 16.7 Å². The van der Waals surface area contributed by atoms with E-state index in [1.807, 2.05) is 54.6 Å². The van der Waals surface area contributed by atoms with Gasteiger partial charge in [-0.1, -0.05) is 72.3 Å². The molecule has 0 atom stereocenters. The van der Waals surface area contributed by atoms with Crippen LogP contribution in [0.2, 0.25) is 0 Å². The van der Waals surface area contributed by atoms with Crippen molar-refractivity contribution in [2.75, 3.05) is 0 Å². The van der Waals surface area contributed by atoms with Gasteiger partial charge in [0.2, 0.25) is 0 Å². The van der Waals surface area contributed by atoms with Gasteiger partial charge in [0.25, 0.3) is 0 Å². The molecule has 2 nitrogen and oxygen atoms in total. The molecule has 3 heteroatoms. The molecule has 136 valence electrons. The largest absolute Gasteiger partial charge is 0.458 e. The number of aryl methyl sites for hydroxylation is 1. The molecule has 0 aliphatic rings. The first-order valence-electron chi connectivity index (χ1n) is 8.87. The number of carbonyl (C=O) groups excluding carboxylic acids is 1. The van der Waals surface area contributed by atoms with Gasteiger partial charge in [0.05, 0.1) is 0 Å². The molecule has 0 aromatic heterocycles. The zero-order valence-electron chi connectivity index (χ0n) is 15.3. The van der Waals surface area contributed by atoms with Gasteiger partial charge in [-0.3, -0.25) is 0 Å². The number of carbonyl (C=O) groups is 1. The Balaban J connectivity index is 1.58. The molecule has 0 heterocycles. The number of esters is 1. The minimum Gasteiger partial charge on any atom is -0.458 e. The number of thioether (sulfide) groups is 1. The van der Waals surface area contributed by atoms with Crippen molar-refractivity contribution >= 4 is 23.8 Å². The molecule has 0 saturated carbocycles. The van der Waals surface area contributed by atoms with Gasteiger partial charge in [0.15, 0.2) is 0 Å². The quantitative estimate of drug-likeness (QED) is 0.286. The summed E-state index contributed by atoms with van der Waals surface area (Å²) in [5, 5.41) is 0. The molecule has 3 aromatic carbocycles. The van der Waals surface area contributed by atoms with E-state index < -0.39 is 0 Å². The first kappa shape index (κ1) is 19.0. The third-order valence-electron chi connectivity index (χ3n) is 4.09. The van der Waals surface area contributed by atoms with Crippen molar-refractivity contribution in [1.82, 2.24) is 0 Å². The molecule has 0 spiro atoms. The second-order valence-electron chi connectivity index (χ2n) is 6.23. The number of hydrogen-bond donors (Lipinski definition) is 0. The summed E-state index contributed by atoms with van der Waals surface area (Å²) >= 11 is 1.79. The topological polar surface area (TPSA) is 26.3 Å². The molecule has 0 saturated heterocycles. The number of hydrogen-bond acceptors (Lipinski definition) is 3. The third-order valence-corrected chi connectivity index (χ3v) is 5.15. The molecule has 0 bridgehead atoms. The molecule has 0 unspecified atom stereocenters. The number of benzene rings is 3. The SMILES string of the molecule is Cc1ccc(SCc2ccccc2/C=C/C(=O)OCc2ccccc2)cc1. The summed E-state index contributed by atoms with van der Waals surface area (Å²) in [7, 11) is 0. The summed E-state index contributed by atoms with van der Waals surface area (Å²) in [5.74, 6) is 0.516. The second kappa shape index (κ2) is 9.79. The van der Waals surface area contributed by atoms with Gasteiger partial charge in [0.1, 0.15) is 6.61 Å². The summed E-state index contributed by atoms with van der Waals surface area (Å²) in [4.78, 5) is 13.2. The Kier molecular flexibility index (Phi) is 6.89. The van der Waals surface area contributed by atoms with E-state index in [-0.39, 0.29) is 12.6 Å². The molecule has 27 heavy (non-hydrogen) atoms. The first-order chi connectivity index (χ1) is 13.2. The van der Waals surface area contributed by atoms with Crippen molar-refractivity contribution in [2.24, 2.45) is 0 Å². The van der Waals surface area contributed by atoms with E-state index in [2.05, 4.69) is 37.3 Å². The molecule has 0 fully saturated rings. The zero-order valence-corrected chi connectivity index (χ0v) is 16.1. The molecular formula is C24H22O2S. The lowest BCUT2D eigenvalue weighted by atomic mass is 10.1. The summed E-state index contributed by atoms with van der Waals surface area (Å²) in [6, 6.07) is 26.3. The van der Waals surface area contributed by atoms with Crippen molar-refractivity contribution in [3.63, 3.8) is 0 Å². The van der Waals surface area contributed by atoms with Crippen molar-refractivity contribution in [3.8, 4) is 0 Å². The van der Waals surface area contributed by atoms with Crippen LogP contribution in [0.3, 0.4) is 0 Å². The average molecular weight is 375 g/mol. The highest BCUT2D eigenvalue weighted by Gasteiger charge is 2.03. The lowest BCUT2D eigenvalue weighted by molar-refractivity contribution is -0.138. The molecule has 3 rings (SSSR count). The fourth-order valence-electron chi connectivity index (χ4n) is 2.56. The Morgan fingerprint density at radius 1 is 0.926 bits per heavy atom. The number of ether oxygens (including phenoxy) is 1. The molecular weight excluding hydrogens is 352 g/mol. The lowest BCUT2D eigenvalue weighted by Gasteiger charge is -2.07. The van der Waals surface area contributed by atoms with E-state index in [1.54, 1.807) is 11.8 Å². The van der Waals surface area contributed by atoms with Crippen LogP contribution in [0.5, 0.6) is 0 Å². The average Bonchev–Trinajstić information content (AvgIpc) is 2.71. The normalized spacial score (nSPS) is 10.9. The smallest absolute Gasteiger partial charge is 0.331 e. The fourth-order valence-corrected chi connectivity index (χ4v) is 3.47. The van der Waals surface area contributed by atoms with Crippen molar-refractivity contribution < 1.29 is 9.53 Å². The van der Waals surface area contributed by atoms with E-state index in [0.717, 1.165) is 16.9 Å². The predicted octanol–water partition coefficient (Wildman–Crippen LogP) is 6.04. The van der Waals surface area contributed by atoms with Gasteiger partial charge in [-0.15, -0.1) is 11.8 Å². The summed E-state index contributed by atoms with van der Waals surface area (Å²) < 4.78 is 5.30. The van der Waals surface area contributed by atoms with Gasteiger partial charge >= 0.3 is 5.97 Å². The van der Waals surface area contributed by atoms with Crippen LogP contribution < -0.4 is 0 Å². The summed E-state index contributed by atoms with van der Waals surface area (Å²) in [5.41, 5.74) is 4.47. The molecule has 0 radical (unpaired) electrons. The Labute approximate surface area is 164 Å². The highest BCUT2D eigenvalue weighted by Crippen LogP contribution is 2.25. The van der Waals surface area contributed by atoms with Gasteiger partial charge in [-0.2, -0.15) is 0 Å². The Bertz CT molecular complexity index is 899. The van der Waals surface area contributed by atoms with Gasteiger partial charge in [-0.05, 0) is 41.8 Å². The first-order valence-corrected chi connectivity index (χ1v) is 9.85. The van der Waals surface area contributed by atoms with Crippen molar-refractivity contribution in [1.29, 1.82) is 0 Å². The lowest BCUT2D eigenvalue weighted by Crippen LogP contribution is -2.00. The van der Waals surface area contributed by atoms with E-state index in [1.165, 1.54) is 22.1 Å². The van der Waals surface area contributed by atoms with Crippen LogP contribution in [0.1, 0.15) is 22.3 Å². The maximum Gasteiger partial charge on any atom is 0.331 e. The molecule has 0 N–H and O–H groups in total. The van der Waals surface area contributed by atoms with Gasteiger partial charge in [-0.25, -0.2) is 4.79 Å². The third kappa shape index (κ3) is 6.15. The van der Waals surface area contributed by atoms with E-state index in [4.69, 9.17) is 4.74 Å². The predicted molar refractivity (Wildman–Crippen MR) is 112 cm³/mol. The maximum atomic E-state index is 12.0. The highest BCUT2D eigenvalue weighted by molar-refractivity contribution is 7.98.